The quantitative estimate of drug-likeness (QED) is 0.848. The number of likely N-dealkylation sites (N-methyl/N-ethyl adjacent to an activating group) is 1. The van der Waals surface area contributed by atoms with Crippen LogP contribution >= 0.6 is 27.3 Å². The van der Waals surface area contributed by atoms with Crippen LogP contribution < -0.4 is 14.8 Å². The zero-order chi connectivity index (χ0) is 14.5. The molecule has 1 aromatic carbocycles. The van der Waals surface area contributed by atoms with Gasteiger partial charge in [0.05, 0.1) is 14.2 Å². The van der Waals surface area contributed by atoms with Crippen LogP contribution in [0.2, 0.25) is 0 Å². The molecule has 5 heteroatoms. The first-order chi connectivity index (χ1) is 9.67. The average Bonchev–Trinajstić information content (AvgIpc) is 2.89. The maximum atomic E-state index is 5.47. The van der Waals surface area contributed by atoms with Crippen molar-refractivity contribution in [1.82, 2.24) is 5.32 Å². The minimum atomic E-state index is 0.186. The minimum absolute atomic E-state index is 0.186. The van der Waals surface area contributed by atoms with E-state index in [0.717, 1.165) is 28.0 Å². The molecule has 1 atom stereocenters. The molecule has 2 aromatic rings. The van der Waals surface area contributed by atoms with E-state index in [1.54, 1.807) is 25.6 Å². The summed E-state index contributed by atoms with van der Waals surface area (Å²) in [6.07, 6.45) is 0.913. The van der Waals surface area contributed by atoms with Gasteiger partial charge in [-0.1, -0.05) is 0 Å². The van der Waals surface area contributed by atoms with Crippen molar-refractivity contribution in [2.75, 3.05) is 21.3 Å². The van der Waals surface area contributed by atoms with Gasteiger partial charge in [-0.3, -0.25) is 0 Å². The van der Waals surface area contributed by atoms with E-state index in [2.05, 4.69) is 32.7 Å². The lowest BCUT2D eigenvalue weighted by molar-refractivity contribution is 0.391. The summed E-state index contributed by atoms with van der Waals surface area (Å²) in [6, 6.07) is 8.23. The number of ether oxygens (including phenoxy) is 2. The molecule has 0 saturated carbocycles. The standard InChI is InChI=1S/C15H18BrNO2S/c1-17-14(8-12-6-10(16)9-20-12)13-7-11(18-2)4-5-15(13)19-3/h4-7,9,14,17H,8H2,1-3H3. The number of halogens is 1. The van der Waals surface area contributed by atoms with Crippen molar-refractivity contribution in [2.24, 2.45) is 0 Å². The highest BCUT2D eigenvalue weighted by Crippen LogP contribution is 2.32. The first-order valence-corrected chi connectivity index (χ1v) is 7.97. The van der Waals surface area contributed by atoms with Gasteiger partial charge in [0.2, 0.25) is 0 Å². The Balaban J connectivity index is 2.30. The molecule has 0 aliphatic heterocycles. The van der Waals surface area contributed by atoms with E-state index in [9.17, 15) is 0 Å². The van der Waals surface area contributed by atoms with Gasteiger partial charge in [0, 0.05) is 32.8 Å². The predicted molar refractivity (Wildman–Crippen MR) is 87.1 cm³/mol. The normalized spacial score (nSPS) is 12.2. The number of thiophene rings is 1. The smallest absolute Gasteiger partial charge is 0.123 e. The molecule has 1 N–H and O–H groups in total. The highest BCUT2D eigenvalue weighted by Gasteiger charge is 2.17. The van der Waals surface area contributed by atoms with E-state index in [1.165, 1.54) is 4.88 Å². The van der Waals surface area contributed by atoms with Gasteiger partial charge < -0.3 is 14.8 Å². The lowest BCUT2D eigenvalue weighted by Gasteiger charge is -2.19. The zero-order valence-corrected chi connectivity index (χ0v) is 14.2. The highest BCUT2D eigenvalue weighted by atomic mass is 79.9. The van der Waals surface area contributed by atoms with Gasteiger partial charge in [0.25, 0.3) is 0 Å². The summed E-state index contributed by atoms with van der Waals surface area (Å²) in [5.74, 6) is 1.72. The number of hydrogen-bond acceptors (Lipinski definition) is 4. The molecule has 0 amide bonds. The van der Waals surface area contributed by atoms with E-state index in [1.807, 2.05) is 25.2 Å². The molecule has 2 rings (SSSR count). The second-order valence-electron chi connectivity index (χ2n) is 4.38. The van der Waals surface area contributed by atoms with E-state index in [0.29, 0.717) is 0 Å². The molecular weight excluding hydrogens is 338 g/mol. The number of rotatable bonds is 6. The molecule has 0 aliphatic carbocycles. The first kappa shape index (κ1) is 15.4. The Bertz CT molecular complexity index is 571. The molecule has 0 bridgehead atoms. The van der Waals surface area contributed by atoms with Crippen molar-refractivity contribution in [3.05, 3.63) is 44.6 Å². The SMILES string of the molecule is CNC(Cc1cc(Br)cs1)c1cc(OC)ccc1OC. The predicted octanol–water partition coefficient (Wildman–Crippen LogP) is 4.03. The highest BCUT2D eigenvalue weighted by molar-refractivity contribution is 9.10. The molecule has 0 aliphatic rings. The molecule has 1 aromatic heterocycles. The number of benzene rings is 1. The molecule has 20 heavy (non-hydrogen) atoms. The van der Waals surface area contributed by atoms with Crippen LogP contribution in [0.15, 0.2) is 34.1 Å². The van der Waals surface area contributed by atoms with Gasteiger partial charge >= 0.3 is 0 Å². The Kier molecular flexibility index (Phi) is 5.46. The summed E-state index contributed by atoms with van der Waals surface area (Å²) in [5.41, 5.74) is 1.11. The largest absolute Gasteiger partial charge is 0.497 e. The number of nitrogens with one attached hydrogen (secondary N) is 1. The molecule has 1 unspecified atom stereocenters. The van der Waals surface area contributed by atoms with Crippen LogP contribution in [-0.4, -0.2) is 21.3 Å². The molecule has 1 heterocycles. The monoisotopic (exact) mass is 355 g/mol. The van der Waals surface area contributed by atoms with Gasteiger partial charge in [0.1, 0.15) is 11.5 Å². The van der Waals surface area contributed by atoms with Gasteiger partial charge in [-0.15, -0.1) is 11.3 Å². The van der Waals surface area contributed by atoms with E-state index in [4.69, 9.17) is 9.47 Å². The van der Waals surface area contributed by atoms with E-state index < -0.39 is 0 Å². The lowest BCUT2D eigenvalue weighted by Crippen LogP contribution is -2.19. The number of hydrogen-bond donors (Lipinski definition) is 1. The summed E-state index contributed by atoms with van der Waals surface area (Å²) >= 11 is 5.25. The molecular formula is C15H18BrNO2S. The van der Waals surface area contributed by atoms with Gasteiger partial charge in [0.15, 0.2) is 0 Å². The third kappa shape index (κ3) is 3.53. The van der Waals surface area contributed by atoms with Crippen LogP contribution in [0.1, 0.15) is 16.5 Å². The number of methoxy groups -OCH3 is 2. The third-order valence-corrected chi connectivity index (χ3v) is 4.91. The molecule has 0 fully saturated rings. The third-order valence-electron chi connectivity index (χ3n) is 3.19. The lowest BCUT2D eigenvalue weighted by atomic mass is 10.0. The van der Waals surface area contributed by atoms with Crippen LogP contribution in [0, 0.1) is 0 Å². The first-order valence-electron chi connectivity index (χ1n) is 6.30. The molecule has 0 saturated heterocycles. The van der Waals surface area contributed by atoms with Crippen molar-refractivity contribution >= 4 is 27.3 Å². The van der Waals surface area contributed by atoms with Gasteiger partial charge in [-0.25, -0.2) is 0 Å². The minimum Gasteiger partial charge on any atom is -0.497 e. The summed E-state index contributed by atoms with van der Waals surface area (Å²) < 4.78 is 11.9. The molecule has 108 valence electrons. The Hall–Kier alpha value is -1.04. The van der Waals surface area contributed by atoms with Crippen molar-refractivity contribution in [3.63, 3.8) is 0 Å². The van der Waals surface area contributed by atoms with Gasteiger partial charge in [-0.05, 0) is 47.2 Å². The zero-order valence-electron chi connectivity index (χ0n) is 11.8. The second-order valence-corrected chi connectivity index (χ2v) is 6.30. The van der Waals surface area contributed by atoms with Crippen LogP contribution in [0.25, 0.3) is 0 Å². The van der Waals surface area contributed by atoms with E-state index >= 15 is 0 Å². The maximum absolute atomic E-state index is 5.47. The van der Waals surface area contributed by atoms with Crippen molar-refractivity contribution in [2.45, 2.75) is 12.5 Å². The Morgan fingerprint density at radius 1 is 1.25 bits per heavy atom. The fraction of sp³-hybridized carbons (Fsp3) is 0.333. The summed E-state index contributed by atoms with van der Waals surface area (Å²) in [6.45, 7) is 0. The average molecular weight is 356 g/mol. The Morgan fingerprint density at radius 3 is 2.60 bits per heavy atom. The topological polar surface area (TPSA) is 30.5 Å². The van der Waals surface area contributed by atoms with Crippen molar-refractivity contribution < 1.29 is 9.47 Å². The van der Waals surface area contributed by atoms with Crippen LogP contribution in [-0.2, 0) is 6.42 Å². The summed E-state index contributed by atoms with van der Waals surface area (Å²) in [4.78, 5) is 1.32. The second kappa shape index (κ2) is 7.11. The fourth-order valence-corrected chi connectivity index (χ4v) is 3.64. The van der Waals surface area contributed by atoms with Gasteiger partial charge in [-0.2, -0.15) is 0 Å². The molecule has 3 nitrogen and oxygen atoms in total. The van der Waals surface area contributed by atoms with Crippen LogP contribution in [0.5, 0.6) is 11.5 Å². The molecule has 0 spiro atoms. The Labute approximate surface area is 132 Å². The van der Waals surface area contributed by atoms with E-state index in [-0.39, 0.29) is 6.04 Å². The summed E-state index contributed by atoms with van der Waals surface area (Å²) in [7, 11) is 5.34. The van der Waals surface area contributed by atoms with Crippen molar-refractivity contribution in [1.29, 1.82) is 0 Å². The van der Waals surface area contributed by atoms with Crippen LogP contribution in [0.3, 0.4) is 0 Å². The summed E-state index contributed by atoms with van der Waals surface area (Å²) in [5, 5.41) is 5.46. The molecule has 0 radical (unpaired) electrons. The Morgan fingerprint density at radius 2 is 2.05 bits per heavy atom. The fourth-order valence-electron chi connectivity index (χ4n) is 2.14. The van der Waals surface area contributed by atoms with Crippen LogP contribution in [0.4, 0.5) is 0 Å². The maximum Gasteiger partial charge on any atom is 0.123 e. The van der Waals surface area contributed by atoms with Crippen molar-refractivity contribution in [3.8, 4) is 11.5 Å².